The van der Waals surface area contributed by atoms with Gasteiger partial charge < -0.3 is 4.79 Å². The number of carbonyl (C=O) groups excluding carboxylic acids is 3. The summed E-state index contributed by atoms with van der Waals surface area (Å²) in [6.07, 6.45) is 11.8. The number of benzene rings is 1. The highest BCUT2D eigenvalue weighted by Crippen LogP contribution is 2.47. The molecule has 5 nitrogen and oxygen atoms in total. The van der Waals surface area contributed by atoms with Gasteiger partial charge in [0.15, 0.2) is 11.6 Å². The van der Waals surface area contributed by atoms with E-state index in [-0.39, 0.29) is 17.5 Å². The minimum Gasteiger partial charge on any atom is -0.303 e. The molecule has 0 aliphatic heterocycles. The summed E-state index contributed by atoms with van der Waals surface area (Å²) in [6, 6.07) is 8.44. The van der Waals surface area contributed by atoms with Gasteiger partial charge in [-0.15, -0.1) is 11.3 Å². The first-order valence-electron chi connectivity index (χ1n) is 14.3. The van der Waals surface area contributed by atoms with E-state index in [1.165, 1.54) is 11.1 Å². The fraction of sp³-hybridized carbons (Fsp3) is 0.382. The van der Waals surface area contributed by atoms with Crippen LogP contribution in [0.1, 0.15) is 95.5 Å². The van der Waals surface area contributed by atoms with E-state index in [9.17, 15) is 14.4 Å². The van der Waals surface area contributed by atoms with Crippen LogP contribution in [0.4, 0.5) is 0 Å². The summed E-state index contributed by atoms with van der Waals surface area (Å²) >= 11 is 1.59. The van der Waals surface area contributed by atoms with E-state index >= 15 is 0 Å². The monoisotopic (exact) mass is 558 g/mol. The Morgan fingerprint density at radius 1 is 1.12 bits per heavy atom. The number of aromatic nitrogens is 2. The molecule has 0 bridgehead atoms. The Hall–Kier alpha value is -3.51. The first-order chi connectivity index (χ1) is 19.4. The molecule has 2 heterocycles. The van der Waals surface area contributed by atoms with Crippen LogP contribution in [0, 0.1) is 6.92 Å². The molecule has 0 saturated carbocycles. The summed E-state index contributed by atoms with van der Waals surface area (Å²) in [7, 11) is 0. The van der Waals surface area contributed by atoms with Gasteiger partial charge in [-0.3, -0.25) is 14.6 Å². The fourth-order valence-electron chi connectivity index (χ4n) is 4.90. The van der Waals surface area contributed by atoms with E-state index in [0.29, 0.717) is 24.8 Å². The lowest BCUT2D eigenvalue weighted by Gasteiger charge is -2.30. The molecule has 1 atom stereocenters. The molecule has 0 fully saturated rings. The SMILES string of the molecule is CC.CC.CC(=O)C1=C(C2=CC=CCCC2=O)c2c(ccc3scnc23)C(Cc2ccnc(C)c2)C1.CCC=O. The third kappa shape index (κ3) is 7.79. The summed E-state index contributed by atoms with van der Waals surface area (Å²) in [4.78, 5) is 44.2. The average molecular weight is 559 g/mol. The number of thiazole rings is 1. The Labute approximate surface area is 243 Å². The molecule has 0 amide bonds. The smallest absolute Gasteiger partial charge is 0.163 e. The predicted molar refractivity (Wildman–Crippen MR) is 168 cm³/mol. The second-order valence-corrected chi connectivity index (χ2v) is 9.98. The maximum atomic E-state index is 13.1. The van der Waals surface area contributed by atoms with Gasteiger partial charge in [0.1, 0.15) is 6.29 Å². The molecule has 0 radical (unpaired) electrons. The van der Waals surface area contributed by atoms with Crippen molar-refractivity contribution in [2.45, 2.75) is 86.5 Å². The summed E-state index contributed by atoms with van der Waals surface area (Å²) in [5, 5.41) is 0. The number of nitrogens with zero attached hydrogens (tertiary/aromatic N) is 2. The van der Waals surface area contributed by atoms with Gasteiger partial charge in [0.05, 0.1) is 15.7 Å². The van der Waals surface area contributed by atoms with Gasteiger partial charge in [-0.1, -0.05) is 58.9 Å². The highest BCUT2D eigenvalue weighted by molar-refractivity contribution is 7.16. The Bertz CT molecular complexity index is 1410. The van der Waals surface area contributed by atoms with Crippen molar-refractivity contribution >= 4 is 45.0 Å². The highest BCUT2D eigenvalue weighted by atomic mass is 32.1. The Morgan fingerprint density at radius 3 is 2.50 bits per heavy atom. The first-order valence-corrected chi connectivity index (χ1v) is 15.2. The first kappa shape index (κ1) is 32.7. The van der Waals surface area contributed by atoms with Crippen LogP contribution in [-0.4, -0.2) is 27.8 Å². The number of Topliss-reactive ketones (excluding diaryl/α,β-unsaturated/α-hetero) is 2. The van der Waals surface area contributed by atoms with Crippen LogP contribution >= 0.6 is 11.3 Å². The summed E-state index contributed by atoms with van der Waals surface area (Å²) < 4.78 is 1.07. The van der Waals surface area contributed by atoms with Gasteiger partial charge in [-0.25, -0.2) is 4.98 Å². The second-order valence-electron chi connectivity index (χ2n) is 9.09. The highest BCUT2D eigenvalue weighted by Gasteiger charge is 2.34. The van der Waals surface area contributed by atoms with Crippen molar-refractivity contribution in [3.05, 3.63) is 87.7 Å². The number of fused-ring (bicyclic) bond motifs is 3. The van der Waals surface area contributed by atoms with Gasteiger partial charge in [0.2, 0.25) is 0 Å². The molecule has 0 spiro atoms. The molecule has 0 N–H and O–H groups in total. The standard InChI is InChI=1S/C27H24N2O2S.C3H6O.2C2H6/c1-16-12-18(10-11-28-16)13-19-14-22(17(2)30)25(21-6-4-3-5-7-23(21)31)26-20(19)8-9-24-27(26)29-15-32-24;1-2-3-4;2*1-2/h3-4,6,8-12,15,19H,5,7,13-14H2,1-2H3;3H,2H2,1H3;2*1-2H3. The number of rotatable bonds is 5. The number of hydrogen-bond acceptors (Lipinski definition) is 6. The third-order valence-corrected chi connectivity index (χ3v) is 7.31. The largest absolute Gasteiger partial charge is 0.303 e. The molecular formula is C34H42N2O3S. The topological polar surface area (TPSA) is 77.0 Å². The van der Waals surface area contributed by atoms with Crippen LogP contribution in [0.3, 0.4) is 0 Å². The van der Waals surface area contributed by atoms with Crippen LogP contribution in [0.25, 0.3) is 15.8 Å². The van der Waals surface area contributed by atoms with Gasteiger partial charge in [-0.05, 0) is 68.4 Å². The maximum Gasteiger partial charge on any atom is 0.163 e. The minimum absolute atomic E-state index is 0.0238. The fourth-order valence-corrected chi connectivity index (χ4v) is 5.58. The van der Waals surface area contributed by atoms with E-state index in [4.69, 9.17) is 0 Å². The lowest BCUT2D eigenvalue weighted by atomic mass is 9.72. The van der Waals surface area contributed by atoms with Crippen LogP contribution in [0.5, 0.6) is 0 Å². The molecule has 1 aromatic carbocycles. The number of aryl methyl sites for hydroxylation is 1. The number of allylic oxidation sites excluding steroid dienone is 6. The molecule has 5 rings (SSSR count). The summed E-state index contributed by atoms with van der Waals surface area (Å²) in [6.45, 7) is 13.4. The Balaban J connectivity index is 0.000000634. The minimum atomic E-state index is 0.0238. The van der Waals surface area contributed by atoms with Crippen LogP contribution < -0.4 is 0 Å². The molecule has 2 aliphatic rings. The molecule has 40 heavy (non-hydrogen) atoms. The Kier molecular flexibility index (Phi) is 13.5. The lowest BCUT2D eigenvalue weighted by Crippen LogP contribution is -2.20. The normalized spacial score (nSPS) is 15.7. The molecule has 2 aliphatic carbocycles. The van der Waals surface area contributed by atoms with Crippen molar-refractivity contribution in [3.8, 4) is 0 Å². The summed E-state index contributed by atoms with van der Waals surface area (Å²) in [5.41, 5.74) is 9.22. The van der Waals surface area contributed by atoms with Gasteiger partial charge in [0.25, 0.3) is 0 Å². The van der Waals surface area contributed by atoms with Crippen LogP contribution in [0.15, 0.2) is 65.3 Å². The van der Waals surface area contributed by atoms with Crippen LogP contribution in [0.2, 0.25) is 0 Å². The summed E-state index contributed by atoms with van der Waals surface area (Å²) in [5.74, 6) is 0.249. The van der Waals surface area contributed by atoms with E-state index in [0.717, 1.165) is 51.7 Å². The lowest BCUT2D eigenvalue weighted by molar-refractivity contribution is -0.115. The molecule has 6 heteroatoms. The molecule has 3 aromatic rings. The number of carbonyl (C=O) groups is 3. The van der Waals surface area contributed by atoms with E-state index < -0.39 is 0 Å². The zero-order valence-electron chi connectivity index (χ0n) is 24.9. The van der Waals surface area contributed by atoms with Crippen molar-refractivity contribution < 1.29 is 14.4 Å². The zero-order chi connectivity index (χ0) is 29.7. The number of ketones is 2. The third-order valence-electron chi connectivity index (χ3n) is 6.52. The average Bonchev–Trinajstić information content (AvgIpc) is 3.37. The van der Waals surface area contributed by atoms with Crippen LogP contribution in [-0.2, 0) is 20.8 Å². The zero-order valence-corrected chi connectivity index (χ0v) is 25.7. The molecule has 212 valence electrons. The molecule has 0 saturated heterocycles. The molecule has 2 aromatic heterocycles. The quantitative estimate of drug-likeness (QED) is 0.293. The van der Waals surface area contributed by atoms with Gasteiger partial charge in [-0.2, -0.15) is 0 Å². The van der Waals surface area contributed by atoms with Crippen molar-refractivity contribution in [1.82, 2.24) is 9.97 Å². The second kappa shape index (κ2) is 16.6. The predicted octanol–water partition coefficient (Wildman–Crippen LogP) is 8.57. The number of aldehydes is 1. The van der Waals surface area contributed by atoms with Crippen molar-refractivity contribution in [2.75, 3.05) is 0 Å². The van der Waals surface area contributed by atoms with E-state index in [1.807, 2.05) is 77.5 Å². The Morgan fingerprint density at radius 2 is 1.85 bits per heavy atom. The van der Waals surface area contributed by atoms with Crippen molar-refractivity contribution in [1.29, 1.82) is 0 Å². The van der Waals surface area contributed by atoms with Crippen molar-refractivity contribution in [2.24, 2.45) is 0 Å². The van der Waals surface area contributed by atoms with E-state index in [1.54, 1.807) is 18.3 Å². The van der Waals surface area contributed by atoms with Gasteiger partial charge in [0, 0.05) is 47.0 Å². The van der Waals surface area contributed by atoms with E-state index in [2.05, 4.69) is 28.2 Å². The molecule has 1 unspecified atom stereocenters. The maximum absolute atomic E-state index is 13.1. The number of pyridine rings is 1. The number of hydrogen-bond donors (Lipinski definition) is 0. The van der Waals surface area contributed by atoms with Gasteiger partial charge >= 0.3 is 0 Å². The van der Waals surface area contributed by atoms with Crippen molar-refractivity contribution in [3.63, 3.8) is 0 Å². The molecular weight excluding hydrogens is 516 g/mol.